The molecule has 2 aromatic heterocycles. The molecule has 2 heterocycles. The first kappa shape index (κ1) is 20.6. The number of furan rings is 1. The predicted molar refractivity (Wildman–Crippen MR) is 116 cm³/mol. The number of nitrogens with one attached hydrogen (secondary N) is 3. The number of hydrogen-bond donors (Lipinski definition) is 3. The van der Waals surface area contributed by atoms with Gasteiger partial charge >= 0.3 is 0 Å². The molecule has 0 saturated heterocycles. The molecule has 0 unspecified atom stereocenters. The van der Waals surface area contributed by atoms with Crippen LogP contribution in [0.4, 0.5) is 0 Å². The summed E-state index contributed by atoms with van der Waals surface area (Å²) in [6.45, 7) is 4.42. The van der Waals surface area contributed by atoms with Crippen LogP contribution in [-0.2, 0) is 12.8 Å². The highest BCUT2D eigenvalue weighted by atomic mass is 16.5. The maximum atomic E-state index is 5.49. The molecule has 0 radical (unpaired) electrons. The summed E-state index contributed by atoms with van der Waals surface area (Å²) in [6.07, 6.45) is 4.39. The number of nitrogens with zero attached hydrogens (tertiary/aromatic N) is 1. The van der Waals surface area contributed by atoms with Crippen LogP contribution in [0.15, 0.2) is 46.0 Å². The molecule has 3 N–H and O–H groups in total. The van der Waals surface area contributed by atoms with E-state index in [-0.39, 0.29) is 0 Å². The highest BCUT2D eigenvalue weighted by Crippen LogP contribution is 2.31. The third-order valence-electron chi connectivity index (χ3n) is 4.65. The average Bonchev–Trinajstić information content (AvgIpc) is 3.39. The van der Waals surface area contributed by atoms with Crippen molar-refractivity contribution in [3.05, 3.63) is 48.0 Å². The molecule has 1 aromatic carbocycles. The largest absolute Gasteiger partial charge is 0.497 e. The third-order valence-corrected chi connectivity index (χ3v) is 4.65. The van der Waals surface area contributed by atoms with Gasteiger partial charge in [-0.1, -0.05) is 0 Å². The molecule has 156 valence electrons. The Morgan fingerprint density at radius 3 is 2.76 bits per heavy atom. The Hall–Kier alpha value is -3.09. The fraction of sp³-hybridized carbons (Fsp3) is 0.409. The second kappa shape index (κ2) is 10.5. The number of benzene rings is 1. The highest BCUT2D eigenvalue weighted by molar-refractivity contribution is 5.88. The van der Waals surface area contributed by atoms with Crippen LogP contribution in [0.1, 0.15) is 24.8 Å². The molecule has 0 bridgehead atoms. The Morgan fingerprint density at radius 1 is 1.14 bits per heavy atom. The molecule has 0 aliphatic heterocycles. The molecule has 3 aromatic rings. The fourth-order valence-electron chi connectivity index (χ4n) is 3.22. The van der Waals surface area contributed by atoms with Crippen molar-refractivity contribution in [2.24, 2.45) is 4.99 Å². The van der Waals surface area contributed by atoms with Crippen LogP contribution in [0, 0.1) is 0 Å². The summed E-state index contributed by atoms with van der Waals surface area (Å²) in [5.74, 6) is 3.40. The van der Waals surface area contributed by atoms with E-state index in [4.69, 9.17) is 13.9 Å². The Labute approximate surface area is 171 Å². The molecule has 0 spiro atoms. The van der Waals surface area contributed by atoms with Crippen LogP contribution in [0.3, 0.4) is 0 Å². The smallest absolute Gasteiger partial charge is 0.191 e. The molecule has 0 aliphatic carbocycles. The van der Waals surface area contributed by atoms with Crippen molar-refractivity contribution >= 4 is 16.9 Å². The number of aromatic nitrogens is 1. The number of rotatable bonds is 10. The van der Waals surface area contributed by atoms with Crippen molar-refractivity contribution in [1.29, 1.82) is 0 Å². The summed E-state index contributed by atoms with van der Waals surface area (Å²) in [4.78, 5) is 8.13. The Bertz CT molecular complexity index is 916. The maximum absolute atomic E-state index is 5.49. The molecule has 0 saturated carbocycles. The minimum atomic E-state index is 0.742. The van der Waals surface area contributed by atoms with Crippen LogP contribution in [-0.4, -0.2) is 44.8 Å². The summed E-state index contributed by atoms with van der Waals surface area (Å²) < 4.78 is 16.2. The van der Waals surface area contributed by atoms with Gasteiger partial charge in [-0.05, 0) is 38.0 Å². The summed E-state index contributed by atoms with van der Waals surface area (Å²) in [7, 11) is 3.34. The number of aliphatic imine (C=N–C) groups is 1. The average molecular weight is 399 g/mol. The zero-order valence-corrected chi connectivity index (χ0v) is 17.4. The van der Waals surface area contributed by atoms with Crippen LogP contribution >= 0.6 is 0 Å². The minimum absolute atomic E-state index is 0.742. The van der Waals surface area contributed by atoms with E-state index < -0.39 is 0 Å². The SMILES string of the molecule is CCNC(=NCCCc1cc2c(OC)cc(OC)cc2[nH]1)NCCc1ccco1. The van der Waals surface area contributed by atoms with E-state index in [0.29, 0.717) is 0 Å². The van der Waals surface area contributed by atoms with E-state index in [1.807, 2.05) is 24.3 Å². The van der Waals surface area contributed by atoms with Crippen LogP contribution in [0.25, 0.3) is 10.9 Å². The van der Waals surface area contributed by atoms with Crippen molar-refractivity contribution in [2.45, 2.75) is 26.2 Å². The van der Waals surface area contributed by atoms with Crippen LogP contribution < -0.4 is 20.1 Å². The monoisotopic (exact) mass is 398 g/mol. The molecule has 7 heteroatoms. The molecule has 0 fully saturated rings. The van der Waals surface area contributed by atoms with E-state index >= 15 is 0 Å². The zero-order valence-electron chi connectivity index (χ0n) is 17.4. The topological polar surface area (TPSA) is 83.8 Å². The summed E-state index contributed by atoms with van der Waals surface area (Å²) in [6, 6.07) is 9.93. The van der Waals surface area contributed by atoms with E-state index in [2.05, 4.69) is 33.6 Å². The van der Waals surface area contributed by atoms with Gasteiger partial charge in [-0.2, -0.15) is 0 Å². The summed E-state index contributed by atoms with van der Waals surface area (Å²) in [5, 5.41) is 7.70. The second-order valence-electron chi connectivity index (χ2n) is 6.71. The molecule has 0 atom stereocenters. The number of hydrogen-bond acceptors (Lipinski definition) is 4. The van der Waals surface area contributed by atoms with Crippen LogP contribution in [0.2, 0.25) is 0 Å². The van der Waals surface area contributed by atoms with Gasteiger partial charge in [-0.3, -0.25) is 4.99 Å². The standard InChI is InChI=1S/C22H30N4O3/c1-4-23-22(25-11-9-17-8-6-12-29-17)24-10-5-7-16-13-19-20(26-16)14-18(27-2)15-21(19)28-3/h6,8,12-15,26H,4-5,7,9-11H2,1-3H3,(H2,23,24,25). The molecule has 7 nitrogen and oxygen atoms in total. The normalized spacial score (nSPS) is 11.6. The van der Waals surface area contributed by atoms with Crippen molar-refractivity contribution in [2.75, 3.05) is 33.9 Å². The van der Waals surface area contributed by atoms with Crippen molar-refractivity contribution < 1.29 is 13.9 Å². The molecular formula is C22H30N4O3. The van der Waals surface area contributed by atoms with Crippen molar-refractivity contribution in [3.8, 4) is 11.5 Å². The molecule has 0 aliphatic rings. The van der Waals surface area contributed by atoms with Crippen molar-refractivity contribution in [1.82, 2.24) is 15.6 Å². The summed E-state index contributed by atoms with van der Waals surface area (Å²) in [5.41, 5.74) is 2.19. The number of aromatic amines is 1. The Kier molecular flexibility index (Phi) is 7.44. The molecule has 0 amide bonds. The first-order valence-electron chi connectivity index (χ1n) is 10.0. The van der Waals surface area contributed by atoms with Gasteiger partial charge in [0.25, 0.3) is 0 Å². The fourth-order valence-corrected chi connectivity index (χ4v) is 3.22. The quantitative estimate of drug-likeness (QED) is 0.277. The Balaban J connectivity index is 1.53. The van der Waals surface area contributed by atoms with E-state index in [1.54, 1.807) is 20.5 Å². The molecule has 3 rings (SSSR count). The minimum Gasteiger partial charge on any atom is -0.497 e. The van der Waals surface area contributed by atoms with E-state index in [1.165, 1.54) is 0 Å². The molecule has 29 heavy (non-hydrogen) atoms. The molecular weight excluding hydrogens is 368 g/mol. The maximum Gasteiger partial charge on any atom is 0.191 e. The third kappa shape index (κ3) is 5.70. The number of H-pyrrole nitrogens is 1. The first-order chi connectivity index (χ1) is 14.2. The lowest BCUT2D eigenvalue weighted by molar-refractivity contribution is 0.398. The predicted octanol–water partition coefficient (Wildman–Crippen LogP) is 3.51. The van der Waals surface area contributed by atoms with E-state index in [9.17, 15) is 0 Å². The second-order valence-corrected chi connectivity index (χ2v) is 6.71. The first-order valence-corrected chi connectivity index (χ1v) is 10.0. The van der Waals surface area contributed by atoms with Gasteiger partial charge in [0.1, 0.15) is 17.3 Å². The number of methoxy groups -OCH3 is 2. The van der Waals surface area contributed by atoms with Gasteiger partial charge < -0.3 is 29.5 Å². The van der Waals surface area contributed by atoms with Gasteiger partial charge in [-0.25, -0.2) is 0 Å². The lowest BCUT2D eigenvalue weighted by atomic mass is 10.2. The van der Waals surface area contributed by atoms with Gasteiger partial charge in [-0.15, -0.1) is 0 Å². The van der Waals surface area contributed by atoms with Gasteiger partial charge in [0.05, 0.1) is 26.0 Å². The summed E-state index contributed by atoms with van der Waals surface area (Å²) >= 11 is 0. The lowest BCUT2D eigenvalue weighted by Crippen LogP contribution is -2.38. The number of guanidine groups is 1. The number of ether oxygens (including phenoxy) is 2. The number of fused-ring (bicyclic) bond motifs is 1. The zero-order chi connectivity index (χ0) is 20.5. The highest BCUT2D eigenvalue weighted by Gasteiger charge is 2.09. The van der Waals surface area contributed by atoms with Gasteiger partial charge in [0.15, 0.2) is 5.96 Å². The lowest BCUT2D eigenvalue weighted by Gasteiger charge is -2.10. The van der Waals surface area contributed by atoms with Gasteiger partial charge in [0.2, 0.25) is 0 Å². The Morgan fingerprint density at radius 2 is 2.03 bits per heavy atom. The van der Waals surface area contributed by atoms with E-state index in [0.717, 1.165) is 78.7 Å². The van der Waals surface area contributed by atoms with Crippen LogP contribution in [0.5, 0.6) is 11.5 Å². The van der Waals surface area contributed by atoms with Gasteiger partial charge in [0, 0.05) is 49.3 Å². The number of aryl methyl sites for hydroxylation is 1. The van der Waals surface area contributed by atoms with Crippen molar-refractivity contribution in [3.63, 3.8) is 0 Å².